The molecule has 1 amide bonds. The first-order chi connectivity index (χ1) is 9.65. The summed E-state index contributed by atoms with van der Waals surface area (Å²) in [4.78, 5) is 14.5. The molecular formula is C16H35Cl2N3O. The highest BCUT2D eigenvalue weighted by atomic mass is 35.5. The van der Waals surface area contributed by atoms with Gasteiger partial charge in [-0.25, -0.2) is 0 Å². The van der Waals surface area contributed by atoms with Crippen molar-refractivity contribution in [2.75, 3.05) is 32.7 Å². The molecule has 6 heteroatoms. The van der Waals surface area contributed by atoms with Gasteiger partial charge in [0.1, 0.15) is 0 Å². The van der Waals surface area contributed by atoms with Crippen LogP contribution in [0, 0.1) is 5.41 Å². The maximum absolute atomic E-state index is 12.1. The number of halogens is 2. The van der Waals surface area contributed by atoms with Gasteiger partial charge in [-0.1, -0.05) is 33.1 Å². The largest absolute Gasteiger partial charge is 0.355 e. The van der Waals surface area contributed by atoms with Crippen LogP contribution in [0.2, 0.25) is 0 Å². The van der Waals surface area contributed by atoms with Crippen LogP contribution in [-0.4, -0.2) is 43.5 Å². The van der Waals surface area contributed by atoms with Gasteiger partial charge in [-0.05, 0) is 44.3 Å². The Hall–Kier alpha value is -0.0300. The van der Waals surface area contributed by atoms with E-state index in [1.54, 1.807) is 0 Å². The average molecular weight is 356 g/mol. The molecule has 0 saturated heterocycles. The number of hydrogen-bond donors (Lipinski definition) is 2. The highest BCUT2D eigenvalue weighted by Crippen LogP contribution is 2.38. The second-order valence-electron chi connectivity index (χ2n) is 6.23. The predicted octanol–water partition coefficient (Wildman–Crippen LogP) is 2.98. The van der Waals surface area contributed by atoms with Crippen molar-refractivity contribution < 1.29 is 4.79 Å². The van der Waals surface area contributed by atoms with Gasteiger partial charge < -0.3 is 16.0 Å². The van der Waals surface area contributed by atoms with Gasteiger partial charge in [-0.15, -0.1) is 24.8 Å². The van der Waals surface area contributed by atoms with Gasteiger partial charge in [0.25, 0.3) is 0 Å². The van der Waals surface area contributed by atoms with Gasteiger partial charge >= 0.3 is 0 Å². The van der Waals surface area contributed by atoms with Crippen LogP contribution in [0.15, 0.2) is 0 Å². The van der Waals surface area contributed by atoms with Crippen molar-refractivity contribution in [3.63, 3.8) is 0 Å². The summed E-state index contributed by atoms with van der Waals surface area (Å²) in [7, 11) is 0. The zero-order valence-corrected chi connectivity index (χ0v) is 15.9. The molecule has 0 heterocycles. The molecule has 0 aromatic carbocycles. The minimum Gasteiger partial charge on any atom is -0.355 e. The topological polar surface area (TPSA) is 58.4 Å². The zero-order valence-electron chi connectivity index (χ0n) is 14.2. The molecule has 0 atom stereocenters. The first-order valence-electron chi connectivity index (χ1n) is 8.35. The average Bonchev–Trinajstić information content (AvgIpc) is 2.47. The Labute approximate surface area is 148 Å². The molecule has 0 aromatic rings. The zero-order chi connectivity index (χ0) is 14.8. The number of rotatable bonds is 9. The Morgan fingerprint density at radius 2 is 1.77 bits per heavy atom. The van der Waals surface area contributed by atoms with Crippen molar-refractivity contribution >= 4 is 30.7 Å². The molecule has 0 aromatic heterocycles. The number of amides is 1. The molecule has 1 aliphatic carbocycles. The molecule has 0 spiro atoms. The molecule has 0 radical (unpaired) electrons. The van der Waals surface area contributed by atoms with E-state index in [1.807, 2.05) is 0 Å². The molecule has 1 saturated carbocycles. The molecule has 134 valence electrons. The molecule has 3 N–H and O–H groups in total. The fraction of sp³-hybridized carbons (Fsp3) is 0.938. The molecular weight excluding hydrogens is 321 g/mol. The Morgan fingerprint density at radius 3 is 2.27 bits per heavy atom. The number of hydrogen-bond acceptors (Lipinski definition) is 3. The Bertz CT molecular complexity index is 285. The SMILES string of the molecule is CCCN(CC)CCNC(=O)CC1(CN)CCCCC1.Cl.Cl. The van der Waals surface area contributed by atoms with E-state index in [4.69, 9.17) is 5.73 Å². The molecule has 22 heavy (non-hydrogen) atoms. The lowest BCUT2D eigenvalue weighted by Crippen LogP contribution is -2.41. The normalized spacial score (nSPS) is 16.5. The number of likely N-dealkylation sites (N-methyl/N-ethyl adjacent to an activating group) is 1. The number of nitrogens with zero attached hydrogens (tertiary/aromatic N) is 1. The highest BCUT2D eigenvalue weighted by molar-refractivity contribution is 5.85. The lowest BCUT2D eigenvalue weighted by Gasteiger charge is -2.35. The van der Waals surface area contributed by atoms with Crippen molar-refractivity contribution in [1.29, 1.82) is 0 Å². The lowest BCUT2D eigenvalue weighted by molar-refractivity contribution is -0.123. The van der Waals surface area contributed by atoms with E-state index in [0.717, 1.165) is 45.4 Å². The minimum atomic E-state index is 0. The Morgan fingerprint density at radius 1 is 1.14 bits per heavy atom. The maximum Gasteiger partial charge on any atom is 0.220 e. The monoisotopic (exact) mass is 355 g/mol. The number of carbonyl (C=O) groups excluding carboxylic acids is 1. The summed E-state index contributed by atoms with van der Waals surface area (Å²) in [6, 6.07) is 0. The van der Waals surface area contributed by atoms with E-state index in [2.05, 4.69) is 24.1 Å². The minimum absolute atomic E-state index is 0. The molecule has 0 unspecified atom stereocenters. The fourth-order valence-corrected chi connectivity index (χ4v) is 3.26. The summed E-state index contributed by atoms with van der Waals surface area (Å²) in [6.45, 7) is 8.88. The number of carbonyl (C=O) groups is 1. The molecule has 1 rings (SSSR count). The fourth-order valence-electron chi connectivity index (χ4n) is 3.26. The summed E-state index contributed by atoms with van der Waals surface area (Å²) in [6.07, 6.45) is 7.77. The third kappa shape index (κ3) is 8.56. The Balaban J connectivity index is 0. The van der Waals surface area contributed by atoms with Gasteiger partial charge in [-0.2, -0.15) is 0 Å². The van der Waals surface area contributed by atoms with Crippen LogP contribution in [0.5, 0.6) is 0 Å². The van der Waals surface area contributed by atoms with Crippen molar-refractivity contribution in [3.8, 4) is 0 Å². The van der Waals surface area contributed by atoms with E-state index >= 15 is 0 Å². The van der Waals surface area contributed by atoms with Crippen molar-refractivity contribution in [3.05, 3.63) is 0 Å². The van der Waals surface area contributed by atoms with Crippen LogP contribution in [0.1, 0.15) is 58.8 Å². The molecule has 1 fully saturated rings. The summed E-state index contributed by atoms with van der Waals surface area (Å²) >= 11 is 0. The standard InChI is InChI=1S/C16H33N3O.2ClH/c1-3-11-19(4-2)12-10-18-15(20)13-16(14-17)8-6-5-7-9-16;;/h3-14,17H2,1-2H3,(H,18,20);2*1H. The maximum atomic E-state index is 12.1. The van der Waals surface area contributed by atoms with Crippen LogP contribution < -0.4 is 11.1 Å². The summed E-state index contributed by atoms with van der Waals surface area (Å²) in [5, 5.41) is 3.08. The van der Waals surface area contributed by atoms with Crippen LogP contribution >= 0.6 is 24.8 Å². The van der Waals surface area contributed by atoms with E-state index in [0.29, 0.717) is 13.0 Å². The van der Waals surface area contributed by atoms with Crippen LogP contribution in [0.4, 0.5) is 0 Å². The molecule has 0 aliphatic heterocycles. The summed E-state index contributed by atoms with van der Waals surface area (Å²) in [5.74, 6) is 0.185. The number of nitrogens with two attached hydrogens (primary N) is 1. The van der Waals surface area contributed by atoms with Crippen LogP contribution in [0.3, 0.4) is 0 Å². The van der Waals surface area contributed by atoms with Crippen molar-refractivity contribution in [1.82, 2.24) is 10.2 Å². The van der Waals surface area contributed by atoms with Gasteiger partial charge in [0, 0.05) is 19.5 Å². The summed E-state index contributed by atoms with van der Waals surface area (Å²) in [5.41, 5.74) is 6.02. The molecule has 1 aliphatic rings. The number of nitrogens with one attached hydrogen (secondary N) is 1. The van der Waals surface area contributed by atoms with E-state index < -0.39 is 0 Å². The quantitative estimate of drug-likeness (QED) is 0.668. The summed E-state index contributed by atoms with van der Waals surface area (Å²) < 4.78 is 0. The first kappa shape index (κ1) is 24.2. The van der Waals surface area contributed by atoms with Gasteiger partial charge in [-0.3, -0.25) is 4.79 Å². The van der Waals surface area contributed by atoms with Gasteiger partial charge in [0.15, 0.2) is 0 Å². The third-order valence-electron chi connectivity index (χ3n) is 4.62. The van der Waals surface area contributed by atoms with Crippen molar-refractivity contribution in [2.24, 2.45) is 11.1 Å². The predicted molar refractivity (Wildman–Crippen MR) is 99.1 cm³/mol. The third-order valence-corrected chi connectivity index (χ3v) is 4.62. The van der Waals surface area contributed by atoms with Gasteiger partial charge in [0.2, 0.25) is 5.91 Å². The van der Waals surface area contributed by atoms with Crippen LogP contribution in [-0.2, 0) is 4.79 Å². The Kier molecular flexibility index (Phi) is 14.8. The highest BCUT2D eigenvalue weighted by Gasteiger charge is 2.32. The van der Waals surface area contributed by atoms with E-state index in [-0.39, 0.29) is 36.1 Å². The van der Waals surface area contributed by atoms with E-state index in [1.165, 1.54) is 19.3 Å². The first-order valence-corrected chi connectivity index (χ1v) is 8.35. The second kappa shape index (κ2) is 13.4. The van der Waals surface area contributed by atoms with E-state index in [9.17, 15) is 4.79 Å². The molecule has 0 bridgehead atoms. The lowest BCUT2D eigenvalue weighted by atomic mass is 9.71. The van der Waals surface area contributed by atoms with Crippen LogP contribution in [0.25, 0.3) is 0 Å². The van der Waals surface area contributed by atoms with Crippen molar-refractivity contribution in [2.45, 2.75) is 58.8 Å². The smallest absolute Gasteiger partial charge is 0.220 e. The second-order valence-corrected chi connectivity index (χ2v) is 6.23. The molecule has 4 nitrogen and oxygen atoms in total. The van der Waals surface area contributed by atoms with Gasteiger partial charge in [0.05, 0.1) is 0 Å².